The third-order valence-electron chi connectivity index (χ3n) is 4.51. The van der Waals surface area contributed by atoms with Gasteiger partial charge in [-0.05, 0) is 68.0 Å². The van der Waals surface area contributed by atoms with Crippen LogP contribution in [0.4, 0.5) is 10.1 Å². The highest BCUT2D eigenvalue weighted by Gasteiger charge is 2.35. The molecule has 2 aromatic carbocycles. The molecule has 1 aliphatic rings. The van der Waals surface area contributed by atoms with Gasteiger partial charge in [0.25, 0.3) is 0 Å². The molecule has 0 bridgehead atoms. The summed E-state index contributed by atoms with van der Waals surface area (Å²) in [5.41, 5.74) is 2.59. The minimum Gasteiger partial charge on any atom is -0.497 e. The van der Waals surface area contributed by atoms with Gasteiger partial charge in [0.15, 0.2) is 5.11 Å². The summed E-state index contributed by atoms with van der Waals surface area (Å²) >= 11 is 5.56. The van der Waals surface area contributed by atoms with Crippen molar-refractivity contribution in [1.29, 1.82) is 0 Å². The first-order valence-electron chi connectivity index (χ1n) is 8.84. The summed E-state index contributed by atoms with van der Waals surface area (Å²) in [5.74, 6) is -0.0561. The Labute approximate surface area is 168 Å². The van der Waals surface area contributed by atoms with Crippen LogP contribution in [0.1, 0.15) is 25.5 Å². The fourth-order valence-electron chi connectivity index (χ4n) is 3.16. The molecule has 0 aromatic heterocycles. The maximum absolute atomic E-state index is 13.3. The molecular formula is C21H21FN2O3S. The van der Waals surface area contributed by atoms with E-state index in [1.54, 1.807) is 38.0 Å². The predicted octanol–water partition coefficient (Wildman–Crippen LogP) is 4.11. The van der Waals surface area contributed by atoms with E-state index >= 15 is 0 Å². The zero-order valence-corrected chi connectivity index (χ0v) is 16.7. The molecule has 1 N–H and O–H groups in total. The summed E-state index contributed by atoms with van der Waals surface area (Å²) in [7, 11) is 1.59. The standard InChI is InChI=1S/C21H21FN2O3S/c1-4-27-20(25)18-13(2)24(16-9-7-15(22)8-10-16)21(28)23-19(18)14-5-11-17(26-3)12-6-14/h5-12,19H,4H2,1-3H3,(H,23,28)/t19-/m0/s1. The van der Waals surface area contributed by atoms with Crippen molar-refractivity contribution in [3.8, 4) is 5.75 Å². The van der Waals surface area contributed by atoms with Gasteiger partial charge in [-0.2, -0.15) is 0 Å². The largest absolute Gasteiger partial charge is 0.497 e. The molecule has 2 aromatic rings. The van der Waals surface area contributed by atoms with Crippen molar-refractivity contribution in [2.24, 2.45) is 0 Å². The van der Waals surface area contributed by atoms with Crippen LogP contribution in [0.25, 0.3) is 0 Å². The van der Waals surface area contributed by atoms with Crippen LogP contribution in [0, 0.1) is 5.82 Å². The molecule has 1 heterocycles. The number of allylic oxidation sites excluding steroid dienone is 1. The Morgan fingerprint density at radius 1 is 1.18 bits per heavy atom. The lowest BCUT2D eigenvalue weighted by Gasteiger charge is -2.37. The molecule has 3 rings (SSSR count). The average molecular weight is 400 g/mol. The van der Waals surface area contributed by atoms with Crippen LogP contribution in [0.3, 0.4) is 0 Å². The summed E-state index contributed by atoms with van der Waals surface area (Å²) in [6.07, 6.45) is 0. The highest BCUT2D eigenvalue weighted by Crippen LogP contribution is 2.34. The number of carbonyl (C=O) groups is 1. The monoisotopic (exact) mass is 400 g/mol. The van der Waals surface area contributed by atoms with Gasteiger partial charge in [0.1, 0.15) is 11.6 Å². The van der Waals surface area contributed by atoms with Crippen molar-refractivity contribution in [3.05, 3.63) is 71.2 Å². The number of nitrogens with zero attached hydrogens (tertiary/aromatic N) is 1. The number of thiocarbonyl (C=S) groups is 1. The van der Waals surface area contributed by atoms with Crippen molar-refractivity contribution in [2.75, 3.05) is 18.6 Å². The van der Waals surface area contributed by atoms with E-state index in [9.17, 15) is 9.18 Å². The Balaban J connectivity index is 2.09. The fraction of sp³-hybridized carbons (Fsp3) is 0.238. The lowest BCUT2D eigenvalue weighted by atomic mass is 9.94. The molecule has 28 heavy (non-hydrogen) atoms. The number of methoxy groups -OCH3 is 1. The minimum atomic E-state index is -0.464. The smallest absolute Gasteiger partial charge is 0.338 e. The van der Waals surface area contributed by atoms with Gasteiger partial charge in [0, 0.05) is 11.4 Å². The number of hydrogen-bond acceptors (Lipinski definition) is 4. The molecule has 0 saturated carbocycles. The van der Waals surface area contributed by atoms with Crippen LogP contribution in [-0.4, -0.2) is 24.8 Å². The fourth-order valence-corrected chi connectivity index (χ4v) is 3.52. The summed E-state index contributed by atoms with van der Waals surface area (Å²) in [6, 6.07) is 12.9. The Morgan fingerprint density at radius 3 is 2.39 bits per heavy atom. The van der Waals surface area contributed by atoms with Crippen LogP contribution in [-0.2, 0) is 9.53 Å². The van der Waals surface area contributed by atoms with E-state index in [-0.39, 0.29) is 12.4 Å². The third kappa shape index (κ3) is 3.84. The molecule has 1 atom stereocenters. The normalized spacial score (nSPS) is 16.6. The molecule has 0 unspecified atom stereocenters. The lowest BCUT2D eigenvalue weighted by Crippen LogP contribution is -2.48. The summed E-state index contributed by atoms with van der Waals surface area (Å²) < 4.78 is 23.8. The van der Waals surface area contributed by atoms with E-state index in [1.165, 1.54) is 12.1 Å². The van der Waals surface area contributed by atoms with Gasteiger partial charge in [-0.25, -0.2) is 9.18 Å². The van der Waals surface area contributed by atoms with Gasteiger partial charge in [-0.15, -0.1) is 0 Å². The van der Waals surface area contributed by atoms with Crippen molar-refractivity contribution >= 4 is 29.0 Å². The quantitative estimate of drug-likeness (QED) is 0.602. The molecule has 0 amide bonds. The van der Waals surface area contributed by atoms with E-state index in [1.807, 2.05) is 24.3 Å². The van der Waals surface area contributed by atoms with Gasteiger partial charge in [-0.3, -0.25) is 4.90 Å². The van der Waals surface area contributed by atoms with E-state index in [2.05, 4.69) is 5.32 Å². The Morgan fingerprint density at radius 2 is 1.82 bits per heavy atom. The van der Waals surface area contributed by atoms with Crippen molar-refractivity contribution < 1.29 is 18.7 Å². The van der Waals surface area contributed by atoms with Gasteiger partial charge < -0.3 is 14.8 Å². The summed E-state index contributed by atoms with van der Waals surface area (Å²) in [4.78, 5) is 14.5. The molecule has 0 saturated heterocycles. The molecule has 146 valence electrons. The van der Waals surface area contributed by atoms with E-state index in [0.29, 0.717) is 27.8 Å². The maximum Gasteiger partial charge on any atom is 0.338 e. The molecule has 5 nitrogen and oxygen atoms in total. The van der Waals surface area contributed by atoms with Crippen molar-refractivity contribution in [2.45, 2.75) is 19.9 Å². The van der Waals surface area contributed by atoms with Crippen LogP contribution in [0.15, 0.2) is 59.8 Å². The molecule has 1 aliphatic heterocycles. The number of anilines is 1. The van der Waals surface area contributed by atoms with Gasteiger partial charge in [-0.1, -0.05) is 12.1 Å². The molecule has 7 heteroatoms. The zero-order valence-electron chi connectivity index (χ0n) is 15.9. The SMILES string of the molecule is CCOC(=O)C1=C(C)N(c2ccc(F)cc2)C(=S)N[C@H]1c1ccc(OC)cc1. The molecular weight excluding hydrogens is 379 g/mol. The number of hydrogen-bond donors (Lipinski definition) is 1. The van der Waals surface area contributed by atoms with Crippen LogP contribution in [0.5, 0.6) is 5.75 Å². The average Bonchev–Trinajstić information content (AvgIpc) is 2.69. The van der Waals surface area contributed by atoms with E-state index in [4.69, 9.17) is 21.7 Å². The number of esters is 1. The Hall–Kier alpha value is -2.93. The van der Waals surface area contributed by atoms with Crippen LogP contribution < -0.4 is 15.0 Å². The number of carbonyl (C=O) groups excluding carboxylic acids is 1. The number of nitrogens with one attached hydrogen (secondary N) is 1. The topological polar surface area (TPSA) is 50.8 Å². The molecule has 0 spiro atoms. The highest BCUT2D eigenvalue weighted by atomic mass is 32.1. The van der Waals surface area contributed by atoms with Gasteiger partial charge in [0.2, 0.25) is 0 Å². The Bertz CT molecular complexity index is 910. The molecule has 0 aliphatic carbocycles. The molecule has 0 fully saturated rings. The second-order valence-electron chi connectivity index (χ2n) is 6.19. The predicted molar refractivity (Wildman–Crippen MR) is 110 cm³/mol. The number of ether oxygens (including phenoxy) is 2. The second kappa shape index (κ2) is 8.39. The Kier molecular flexibility index (Phi) is 5.94. The summed E-state index contributed by atoms with van der Waals surface area (Å²) in [5, 5.41) is 3.63. The van der Waals surface area contributed by atoms with Crippen LogP contribution >= 0.6 is 12.2 Å². The summed E-state index contributed by atoms with van der Waals surface area (Å²) in [6.45, 7) is 3.82. The van der Waals surface area contributed by atoms with Crippen molar-refractivity contribution in [3.63, 3.8) is 0 Å². The first-order valence-corrected chi connectivity index (χ1v) is 9.25. The molecule has 0 radical (unpaired) electrons. The first-order chi connectivity index (χ1) is 13.5. The zero-order chi connectivity index (χ0) is 20.3. The van der Waals surface area contributed by atoms with Crippen LogP contribution in [0.2, 0.25) is 0 Å². The van der Waals surface area contributed by atoms with Gasteiger partial charge in [0.05, 0.1) is 25.3 Å². The third-order valence-corrected chi connectivity index (χ3v) is 4.81. The number of halogens is 1. The van der Waals surface area contributed by atoms with Gasteiger partial charge >= 0.3 is 5.97 Å². The lowest BCUT2D eigenvalue weighted by molar-refractivity contribution is -0.139. The maximum atomic E-state index is 13.3. The number of rotatable bonds is 5. The van der Waals surface area contributed by atoms with Crippen molar-refractivity contribution in [1.82, 2.24) is 5.32 Å². The van der Waals surface area contributed by atoms with E-state index in [0.717, 1.165) is 5.56 Å². The second-order valence-corrected chi connectivity index (χ2v) is 6.57. The highest BCUT2D eigenvalue weighted by molar-refractivity contribution is 7.80. The minimum absolute atomic E-state index is 0.256. The van der Waals surface area contributed by atoms with E-state index < -0.39 is 12.0 Å². The number of benzene rings is 2. The first kappa shape index (κ1) is 19.8.